The fourth-order valence-corrected chi connectivity index (χ4v) is 5.02. The summed E-state index contributed by atoms with van der Waals surface area (Å²) in [6.45, 7) is 0.263. The largest absolute Gasteiger partial charge is 0.366 e. The fourth-order valence-electron chi connectivity index (χ4n) is 4.67. The maximum Gasteiger partial charge on any atom is 0.251 e. The van der Waals surface area contributed by atoms with Crippen LogP contribution < -0.4 is 5.32 Å². The van der Waals surface area contributed by atoms with Gasteiger partial charge in [-0.15, -0.1) is 11.6 Å². The van der Waals surface area contributed by atoms with Crippen LogP contribution in [-0.2, 0) is 14.3 Å². The van der Waals surface area contributed by atoms with Crippen molar-refractivity contribution < 1.29 is 19.1 Å². The van der Waals surface area contributed by atoms with Crippen LogP contribution in [0.4, 0.5) is 0 Å². The van der Waals surface area contributed by atoms with E-state index in [0.29, 0.717) is 5.56 Å². The second kappa shape index (κ2) is 15.5. The molecule has 0 bridgehead atoms. The quantitative estimate of drug-likeness (QED) is 0.578. The van der Waals surface area contributed by atoms with E-state index in [0.717, 1.165) is 32.1 Å². The van der Waals surface area contributed by atoms with Crippen LogP contribution in [0.1, 0.15) is 49.9 Å². The molecule has 1 aliphatic carbocycles. The third-order valence-electron chi connectivity index (χ3n) is 6.12. The zero-order valence-electron chi connectivity index (χ0n) is 17.7. The number of fused-ring (bicyclic) bond motifs is 1. The topological polar surface area (TPSA) is 75.7 Å². The molecule has 2 heterocycles. The summed E-state index contributed by atoms with van der Waals surface area (Å²) in [5, 5.41) is 2.56. The lowest BCUT2D eigenvalue weighted by Gasteiger charge is -2.34. The van der Waals surface area contributed by atoms with Crippen molar-refractivity contribution in [1.29, 1.82) is 0 Å². The molecule has 3 fully saturated rings. The molecular formula is C22H37ClN2O4S4. The van der Waals surface area contributed by atoms with Gasteiger partial charge in [-0.1, -0.05) is 44.9 Å². The van der Waals surface area contributed by atoms with E-state index in [2.05, 4.69) is 5.32 Å². The summed E-state index contributed by atoms with van der Waals surface area (Å²) >= 11 is 6.35. The Bertz CT molecular complexity index is 768. The molecule has 4 rings (SSSR count). The van der Waals surface area contributed by atoms with Gasteiger partial charge in [-0.2, -0.15) is 54.0 Å². The number of ether oxygens (including phenoxy) is 1. The lowest BCUT2D eigenvalue weighted by molar-refractivity contribution is -0.139. The van der Waals surface area contributed by atoms with Crippen molar-refractivity contribution in [1.82, 2.24) is 10.2 Å². The highest BCUT2D eigenvalue weighted by Gasteiger charge is 2.53. The number of halogens is 1. The Kier molecular flexibility index (Phi) is 16.2. The highest BCUT2D eigenvalue weighted by atomic mass is 35.5. The van der Waals surface area contributed by atoms with Crippen molar-refractivity contribution >= 4 is 83.2 Å². The number of hydrogen-bond acceptors (Lipinski definition) is 4. The molecule has 2 amide bonds. The van der Waals surface area contributed by atoms with E-state index in [1.54, 1.807) is 29.2 Å². The molecule has 1 aromatic carbocycles. The standard InChI is InChI=1S/C21H25ClN2O4.CH4.4H2S/c22-15-11-24(18-16(25)12-28-19(15)18)21(27)17(13-7-3-1-4-8-13)23-20(26)14-9-5-2-6-10-14;;;;;/h2,5-6,9-10,13,15,17-19H,1,3-4,7-8,11-12H2,(H,23,26);1H4;4*1H2/t15-,17-,18+,19+;;;;;/m0...../s1. The van der Waals surface area contributed by atoms with Crippen molar-refractivity contribution in [3.05, 3.63) is 35.9 Å². The van der Waals surface area contributed by atoms with Gasteiger partial charge in [0, 0.05) is 12.1 Å². The minimum absolute atomic E-state index is 0. The van der Waals surface area contributed by atoms with Crippen molar-refractivity contribution in [3.8, 4) is 0 Å². The van der Waals surface area contributed by atoms with E-state index in [-0.39, 0.29) is 98.1 Å². The minimum Gasteiger partial charge on any atom is -0.366 e. The molecule has 0 radical (unpaired) electrons. The average Bonchev–Trinajstić information content (AvgIpc) is 3.27. The molecule has 2 aliphatic heterocycles. The number of nitrogens with zero attached hydrogens (tertiary/aromatic N) is 1. The summed E-state index contributed by atoms with van der Waals surface area (Å²) in [6, 6.07) is 7.61. The number of rotatable bonds is 4. The minimum atomic E-state index is -0.649. The Morgan fingerprint density at radius 1 is 1.03 bits per heavy atom. The molecular weight excluding hydrogens is 520 g/mol. The van der Waals surface area contributed by atoms with Gasteiger partial charge in [0.2, 0.25) is 5.91 Å². The molecule has 0 spiro atoms. The summed E-state index contributed by atoms with van der Waals surface area (Å²) in [4.78, 5) is 40.1. The van der Waals surface area contributed by atoms with E-state index >= 15 is 0 Å². The van der Waals surface area contributed by atoms with Crippen LogP contribution in [0.2, 0.25) is 0 Å². The van der Waals surface area contributed by atoms with E-state index < -0.39 is 23.6 Å². The summed E-state index contributed by atoms with van der Waals surface area (Å²) in [7, 11) is 0. The van der Waals surface area contributed by atoms with Crippen molar-refractivity contribution in [3.63, 3.8) is 0 Å². The predicted octanol–water partition coefficient (Wildman–Crippen LogP) is 3.24. The highest BCUT2D eigenvalue weighted by molar-refractivity contribution is 7.59. The van der Waals surface area contributed by atoms with Gasteiger partial charge in [0.25, 0.3) is 5.91 Å². The normalized spacial score (nSPS) is 24.5. The van der Waals surface area contributed by atoms with Gasteiger partial charge >= 0.3 is 0 Å². The molecule has 2 saturated heterocycles. The summed E-state index contributed by atoms with van der Waals surface area (Å²) in [5.74, 6) is -0.526. The molecule has 11 heteroatoms. The number of ketones is 1. The number of carbonyl (C=O) groups excluding carboxylic acids is 3. The molecule has 1 saturated carbocycles. The Morgan fingerprint density at radius 2 is 1.64 bits per heavy atom. The van der Waals surface area contributed by atoms with E-state index in [1.807, 2.05) is 6.07 Å². The predicted molar refractivity (Wildman–Crippen MR) is 152 cm³/mol. The average molecular weight is 557 g/mol. The molecule has 190 valence electrons. The maximum absolute atomic E-state index is 13.5. The first kappa shape index (κ1) is 34.6. The van der Waals surface area contributed by atoms with Gasteiger partial charge in [0.1, 0.15) is 24.8 Å². The molecule has 3 aliphatic rings. The molecule has 33 heavy (non-hydrogen) atoms. The van der Waals surface area contributed by atoms with E-state index in [9.17, 15) is 14.4 Å². The van der Waals surface area contributed by atoms with Crippen LogP contribution >= 0.6 is 65.6 Å². The number of benzene rings is 1. The Labute approximate surface area is 229 Å². The number of nitrogens with one attached hydrogen (secondary N) is 1. The number of hydrogen-bond donors (Lipinski definition) is 1. The van der Waals surface area contributed by atoms with Gasteiger partial charge in [0.15, 0.2) is 5.78 Å². The highest BCUT2D eigenvalue weighted by Crippen LogP contribution is 2.34. The zero-order chi connectivity index (χ0) is 19.7. The molecule has 1 N–H and O–H groups in total. The number of amides is 2. The van der Waals surface area contributed by atoms with Crippen LogP contribution in [0.3, 0.4) is 0 Å². The van der Waals surface area contributed by atoms with E-state index in [1.165, 1.54) is 0 Å². The first-order valence-electron chi connectivity index (χ1n) is 10.0. The Balaban J connectivity index is 0. The second-order valence-electron chi connectivity index (χ2n) is 7.91. The van der Waals surface area contributed by atoms with Crippen LogP contribution in [0.25, 0.3) is 0 Å². The maximum atomic E-state index is 13.5. The Hall–Kier alpha value is -0.520. The third-order valence-corrected chi connectivity index (χ3v) is 6.50. The number of carbonyl (C=O) groups is 3. The van der Waals surface area contributed by atoms with Gasteiger partial charge in [-0.05, 0) is 30.9 Å². The Morgan fingerprint density at radius 3 is 2.24 bits per heavy atom. The summed E-state index contributed by atoms with van der Waals surface area (Å²) in [5.41, 5.74) is 0.519. The molecule has 4 atom stereocenters. The smallest absolute Gasteiger partial charge is 0.251 e. The molecule has 0 unspecified atom stereocenters. The summed E-state index contributed by atoms with van der Waals surface area (Å²) < 4.78 is 5.49. The lowest BCUT2D eigenvalue weighted by Crippen LogP contribution is -2.55. The monoisotopic (exact) mass is 556 g/mol. The molecule has 6 nitrogen and oxygen atoms in total. The third kappa shape index (κ3) is 7.48. The van der Waals surface area contributed by atoms with Crippen molar-refractivity contribution in [2.24, 2.45) is 5.92 Å². The fraction of sp³-hybridized carbons (Fsp3) is 0.591. The molecule has 1 aromatic rings. The van der Waals surface area contributed by atoms with Crippen molar-refractivity contribution in [2.75, 3.05) is 13.2 Å². The SMILES string of the molecule is C.O=C(N[C@H](C(=O)N1C[C@H](Cl)[C@H]2OCC(=O)[C@H]21)C1CCCCC1)c1ccccc1.S.S.S.S. The van der Waals surface area contributed by atoms with Gasteiger partial charge in [-0.25, -0.2) is 0 Å². The number of alkyl halides is 1. The lowest BCUT2D eigenvalue weighted by atomic mass is 9.83. The van der Waals surface area contributed by atoms with Gasteiger partial charge in [0.05, 0.1) is 5.38 Å². The van der Waals surface area contributed by atoms with Crippen LogP contribution in [0.5, 0.6) is 0 Å². The second-order valence-corrected chi connectivity index (χ2v) is 8.47. The van der Waals surface area contributed by atoms with Crippen LogP contribution in [0.15, 0.2) is 30.3 Å². The zero-order valence-corrected chi connectivity index (χ0v) is 22.4. The number of Topliss-reactive ketones (excluding diaryl/α,β-unsaturated/α-hetero) is 1. The summed E-state index contributed by atoms with van der Waals surface area (Å²) in [6.07, 6.45) is 4.57. The van der Waals surface area contributed by atoms with E-state index in [4.69, 9.17) is 16.3 Å². The molecule has 0 aromatic heterocycles. The van der Waals surface area contributed by atoms with Gasteiger partial charge < -0.3 is 15.0 Å². The van der Waals surface area contributed by atoms with Crippen LogP contribution in [0, 0.1) is 5.92 Å². The van der Waals surface area contributed by atoms with Crippen molar-refractivity contribution in [2.45, 2.75) is 63.1 Å². The van der Waals surface area contributed by atoms with Gasteiger partial charge in [-0.3, -0.25) is 14.4 Å². The first-order valence-corrected chi connectivity index (χ1v) is 10.4. The first-order chi connectivity index (χ1) is 13.6. The van der Waals surface area contributed by atoms with Crippen LogP contribution in [-0.4, -0.2) is 59.2 Å². The number of likely N-dealkylation sites (tertiary alicyclic amines) is 1.